The Hall–Kier alpha value is -1.82. The van der Waals surface area contributed by atoms with Gasteiger partial charge in [0.05, 0.1) is 5.56 Å². The summed E-state index contributed by atoms with van der Waals surface area (Å²) in [4.78, 5) is 35.8. The van der Waals surface area contributed by atoms with Gasteiger partial charge < -0.3 is 10.0 Å². The van der Waals surface area contributed by atoms with E-state index in [1.807, 2.05) is 6.92 Å². The van der Waals surface area contributed by atoms with Gasteiger partial charge >= 0.3 is 5.97 Å². The van der Waals surface area contributed by atoms with Crippen molar-refractivity contribution < 1.29 is 19.5 Å². The second kappa shape index (κ2) is 6.30. The fourth-order valence-corrected chi connectivity index (χ4v) is 3.09. The van der Waals surface area contributed by atoms with Crippen molar-refractivity contribution in [2.45, 2.75) is 20.3 Å². The van der Waals surface area contributed by atoms with Crippen LogP contribution in [0, 0.1) is 12.8 Å². The number of carboxylic acids is 1. The summed E-state index contributed by atoms with van der Waals surface area (Å²) in [6, 6.07) is 4.78. The molecule has 1 aromatic carbocycles. The molecule has 1 amide bonds. The summed E-state index contributed by atoms with van der Waals surface area (Å²) < 4.78 is 0. The molecule has 0 spiro atoms. The summed E-state index contributed by atoms with van der Waals surface area (Å²) in [6.45, 7) is 3.90. The van der Waals surface area contributed by atoms with Crippen LogP contribution in [0.2, 0.25) is 0 Å². The summed E-state index contributed by atoms with van der Waals surface area (Å²) in [5, 5.41) is 9.11. The standard InChI is InChI=1S/C15H17NO4S/c1-9-3-4-12(15(19)20)6-13(9)16-7-11(5-14(16)18)8-21-10(2)17/h3-4,6,11H,5,7-8H2,1-2H3,(H,19,20). The van der Waals surface area contributed by atoms with Crippen LogP contribution in [0.1, 0.15) is 29.3 Å². The van der Waals surface area contributed by atoms with Gasteiger partial charge in [-0.3, -0.25) is 9.59 Å². The number of aryl methyl sites for hydroxylation is 1. The topological polar surface area (TPSA) is 74.7 Å². The molecule has 1 atom stereocenters. The molecule has 112 valence electrons. The van der Waals surface area contributed by atoms with E-state index in [2.05, 4.69) is 0 Å². The average molecular weight is 307 g/mol. The lowest BCUT2D eigenvalue weighted by Gasteiger charge is -2.19. The molecule has 1 unspecified atom stereocenters. The molecule has 5 nitrogen and oxygen atoms in total. The third-order valence-electron chi connectivity index (χ3n) is 3.47. The van der Waals surface area contributed by atoms with E-state index in [0.29, 0.717) is 24.4 Å². The number of aromatic carboxylic acids is 1. The van der Waals surface area contributed by atoms with Crippen LogP contribution in [0.25, 0.3) is 0 Å². The molecular formula is C15H17NO4S. The second-order valence-electron chi connectivity index (χ2n) is 5.18. The van der Waals surface area contributed by atoms with Crippen molar-refractivity contribution in [2.24, 2.45) is 5.92 Å². The molecule has 21 heavy (non-hydrogen) atoms. The molecule has 0 aromatic heterocycles. The van der Waals surface area contributed by atoms with Crippen LogP contribution < -0.4 is 4.90 Å². The number of thioether (sulfide) groups is 1. The molecule has 6 heteroatoms. The number of carbonyl (C=O) groups excluding carboxylic acids is 2. The highest BCUT2D eigenvalue weighted by Gasteiger charge is 2.31. The van der Waals surface area contributed by atoms with E-state index >= 15 is 0 Å². The van der Waals surface area contributed by atoms with Gasteiger partial charge in [-0.05, 0) is 30.5 Å². The number of benzene rings is 1. The number of hydrogen-bond donors (Lipinski definition) is 1. The third kappa shape index (κ3) is 3.64. The lowest BCUT2D eigenvalue weighted by molar-refractivity contribution is -0.117. The van der Waals surface area contributed by atoms with Gasteiger partial charge in [-0.15, -0.1) is 0 Å². The van der Waals surface area contributed by atoms with E-state index in [9.17, 15) is 14.4 Å². The molecule has 0 aliphatic carbocycles. The normalized spacial score (nSPS) is 18.1. The zero-order valence-electron chi connectivity index (χ0n) is 12.0. The van der Waals surface area contributed by atoms with Crippen molar-refractivity contribution in [3.8, 4) is 0 Å². The molecule has 1 heterocycles. The summed E-state index contributed by atoms with van der Waals surface area (Å²) in [5.41, 5.74) is 1.69. The number of rotatable bonds is 4. The maximum absolute atomic E-state index is 12.1. The Balaban J connectivity index is 2.18. The van der Waals surface area contributed by atoms with Gasteiger partial charge in [-0.25, -0.2) is 4.79 Å². The summed E-state index contributed by atoms with van der Waals surface area (Å²) in [5.74, 6) is -0.282. The van der Waals surface area contributed by atoms with Crippen molar-refractivity contribution in [1.29, 1.82) is 0 Å². The van der Waals surface area contributed by atoms with E-state index < -0.39 is 5.97 Å². The Morgan fingerprint density at radius 3 is 2.76 bits per heavy atom. The Morgan fingerprint density at radius 1 is 1.43 bits per heavy atom. The number of anilines is 1. The maximum Gasteiger partial charge on any atom is 0.335 e. The maximum atomic E-state index is 12.1. The van der Waals surface area contributed by atoms with Gasteiger partial charge in [0.1, 0.15) is 0 Å². The van der Waals surface area contributed by atoms with E-state index in [0.717, 1.165) is 5.56 Å². The fourth-order valence-electron chi connectivity index (χ4n) is 2.39. The Kier molecular flexibility index (Phi) is 4.67. The SMILES string of the molecule is CC(=O)SCC1CC(=O)N(c2cc(C(=O)O)ccc2C)C1. The summed E-state index contributed by atoms with van der Waals surface area (Å²) in [6.07, 6.45) is 0.400. The van der Waals surface area contributed by atoms with Crippen LogP contribution >= 0.6 is 11.8 Å². The van der Waals surface area contributed by atoms with Crippen molar-refractivity contribution >= 4 is 34.4 Å². The second-order valence-corrected chi connectivity index (χ2v) is 6.38. The van der Waals surface area contributed by atoms with Gasteiger partial charge in [0.25, 0.3) is 0 Å². The molecule has 0 bridgehead atoms. The van der Waals surface area contributed by atoms with E-state index in [4.69, 9.17) is 5.11 Å². The Bertz CT molecular complexity index is 599. The zero-order valence-corrected chi connectivity index (χ0v) is 12.8. The van der Waals surface area contributed by atoms with Gasteiger partial charge in [-0.2, -0.15) is 0 Å². The molecule has 1 fully saturated rings. The molecule has 1 aromatic rings. The molecule has 1 saturated heterocycles. The smallest absolute Gasteiger partial charge is 0.335 e. The van der Waals surface area contributed by atoms with Gasteiger partial charge in [0, 0.05) is 31.3 Å². The highest BCUT2D eigenvalue weighted by Crippen LogP contribution is 2.30. The van der Waals surface area contributed by atoms with Crippen LogP contribution in [-0.4, -0.2) is 34.4 Å². The number of amides is 1. The predicted octanol–water partition coefficient (Wildman–Crippen LogP) is 2.33. The highest BCUT2D eigenvalue weighted by molar-refractivity contribution is 8.13. The average Bonchev–Trinajstić information content (AvgIpc) is 2.78. The number of carboxylic acid groups (broad SMARTS) is 1. The largest absolute Gasteiger partial charge is 0.478 e. The highest BCUT2D eigenvalue weighted by atomic mass is 32.2. The third-order valence-corrected chi connectivity index (χ3v) is 4.52. The minimum atomic E-state index is -1.01. The first kappa shape index (κ1) is 15.6. The zero-order chi connectivity index (χ0) is 15.6. The fraction of sp³-hybridized carbons (Fsp3) is 0.400. The van der Waals surface area contributed by atoms with Crippen LogP contribution in [0.5, 0.6) is 0 Å². The molecule has 0 saturated carbocycles. The molecular weight excluding hydrogens is 290 g/mol. The van der Waals surface area contributed by atoms with E-state index in [1.54, 1.807) is 11.0 Å². The van der Waals surface area contributed by atoms with Gasteiger partial charge in [0.2, 0.25) is 5.91 Å². The van der Waals surface area contributed by atoms with Gasteiger partial charge in [-0.1, -0.05) is 17.8 Å². The number of hydrogen-bond acceptors (Lipinski definition) is 4. The van der Waals surface area contributed by atoms with Crippen molar-refractivity contribution in [3.63, 3.8) is 0 Å². The summed E-state index contributed by atoms with van der Waals surface area (Å²) in [7, 11) is 0. The first-order valence-electron chi connectivity index (χ1n) is 6.66. The van der Waals surface area contributed by atoms with Crippen LogP contribution in [0.15, 0.2) is 18.2 Å². The Labute approximate surface area is 127 Å². The minimum Gasteiger partial charge on any atom is -0.478 e. The Morgan fingerprint density at radius 2 is 2.14 bits per heavy atom. The van der Waals surface area contributed by atoms with E-state index in [-0.39, 0.29) is 22.5 Å². The summed E-state index contributed by atoms with van der Waals surface area (Å²) >= 11 is 1.23. The molecule has 1 aliphatic heterocycles. The number of carbonyl (C=O) groups is 3. The van der Waals surface area contributed by atoms with Crippen molar-refractivity contribution in [3.05, 3.63) is 29.3 Å². The molecule has 1 aliphatic rings. The van der Waals surface area contributed by atoms with Crippen LogP contribution in [0.4, 0.5) is 5.69 Å². The predicted molar refractivity (Wildman–Crippen MR) is 81.7 cm³/mol. The minimum absolute atomic E-state index is 0.0187. The molecule has 1 N–H and O–H groups in total. The lowest BCUT2D eigenvalue weighted by Crippen LogP contribution is -2.26. The monoisotopic (exact) mass is 307 g/mol. The van der Waals surface area contributed by atoms with Crippen molar-refractivity contribution in [1.82, 2.24) is 0 Å². The lowest BCUT2D eigenvalue weighted by atomic mass is 10.1. The quantitative estimate of drug-likeness (QED) is 0.924. The number of nitrogens with zero attached hydrogens (tertiary/aromatic N) is 1. The first-order chi connectivity index (χ1) is 9.88. The van der Waals surface area contributed by atoms with E-state index in [1.165, 1.54) is 30.8 Å². The first-order valence-corrected chi connectivity index (χ1v) is 7.64. The van der Waals surface area contributed by atoms with Crippen LogP contribution in [0.3, 0.4) is 0 Å². The van der Waals surface area contributed by atoms with Crippen molar-refractivity contribution in [2.75, 3.05) is 17.2 Å². The van der Waals surface area contributed by atoms with Crippen LogP contribution in [-0.2, 0) is 9.59 Å². The van der Waals surface area contributed by atoms with Gasteiger partial charge in [0.15, 0.2) is 5.12 Å². The molecule has 0 radical (unpaired) electrons. The molecule has 2 rings (SSSR count).